The number of ether oxygens (including phenoxy) is 2. The van der Waals surface area contributed by atoms with Gasteiger partial charge >= 0.3 is 6.09 Å². The molecule has 0 radical (unpaired) electrons. The molecule has 0 atom stereocenters. The lowest BCUT2D eigenvalue weighted by atomic mass is 9.70. The average molecular weight is 492 g/mol. The maximum atomic E-state index is 13.7. The summed E-state index contributed by atoms with van der Waals surface area (Å²) < 4.78 is 10.2. The molecule has 1 amide bonds. The highest BCUT2D eigenvalue weighted by Gasteiger charge is 2.44. The third-order valence-corrected chi connectivity index (χ3v) is 7.58. The summed E-state index contributed by atoms with van der Waals surface area (Å²) in [5, 5.41) is 3.48. The molecule has 2 aliphatic rings. The monoisotopic (exact) mass is 491 g/mol. The van der Waals surface area contributed by atoms with Gasteiger partial charge in [0.2, 0.25) is 5.78 Å². The SMILES string of the molecule is CCN1CCN(c2cc3[nH]c(C(=O)C4(COC)CCC(NC(=O)OC)CC4)nc3cc2Cl)CC1. The summed E-state index contributed by atoms with van der Waals surface area (Å²) >= 11 is 6.63. The molecule has 1 aliphatic carbocycles. The highest BCUT2D eigenvalue weighted by Crippen LogP contribution is 2.40. The minimum Gasteiger partial charge on any atom is -0.453 e. The number of benzene rings is 1. The molecule has 1 aliphatic heterocycles. The Labute approximate surface area is 205 Å². The molecule has 186 valence electrons. The van der Waals surface area contributed by atoms with E-state index in [-0.39, 0.29) is 11.8 Å². The van der Waals surface area contributed by atoms with Gasteiger partial charge in [-0.3, -0.25) is 4.79 Å². The second-order valence-corrected chi connectivity index (χ2v) is 9.69. The Kier molecular flexibility index (Phi) is 7.64. The first kappa shape index (κ1) is 24.8. The number of ketones is 1. The van der Waals surface area contributed by atoms with Crippen LogP contribution in [-0.4, -0.2) is 86.3 Å². The van der Waals surface area contributed by atoms with Crippen molar-refractivity contribution in [2.24, 2.45) is 5.41 Å². The number of H-pyrrole nitrogens is 1. The number of amides is 1. The van der Waals surface area contributed by atoms with Crippen molar-refractivity contribution in [2.75, 3.05) is 58.5 Å². The van der Waals surface area contributed by atoms with E-state index in [1.807, 2.05) is 12.1 Å². The Balaban J connectivity index is 1.54. The van der Waals surface area contributed by atoms with Gasteiger partial charge < -0.3 is 29.6 Å². The number of aromatic amines is 1. The van der Waals surface area contributed by atoms with Crippen molar-refractivity contribution in [1.82, 2.24) is 20.2 Å². The number of carbonyl (C=O) groups is 2. The summed E-state index contributed by atoms with van der Waals surface area (Å²) in [6.07, 6.45) is 2.09. The smallest absolute Gasteiger partial charge is 0.407 e. The van der Waals surface area contributed by atoms with E-state index in [4.69, 9.17) is 21.1 Å². The zero-order chi connectivity index (χ0) is 24.3. The molecule has 1 aromatic carbocycles. The number of fused-ring (bicyclic) bond motifs is 1. The Bertz CT molecular complexity index is 1030. The first-order chi connectivity index (χ1) is 16.4. The number of piperazine rings is 1. The summed E-state index contributed by atoms with van der Waals surface area (Å²) in [7, 11) is 2.96. The Morgan fingerprint density at radius 3 is 2.53 bits per heavy atom. The number of carbonyl (C=O) groups excluding carboxylic acids is 2. The van der Waals surface area contributed by atoms with E-state index in [2.05, 4.69) is 32.0 Å². The van der Waals surface area contributed by atoms with Crippen LogP contribution in [0.5, 0.6) is 0 Å². The predicted octanol–water partition coefficient (Wildman–Crippen LogP) is 3.47. The number of hydrogen-bond donors (Lipinski definition) is 2. The highest BCUT2D eigenvalue weighted by molar-refractivity contribution is 6.34. The maximum absolute atomic E-state index is 13.7. The van der Waals surface area contributed by atoms with Gasteiger partial charge in [0.05, 0.1) is 40.9 Å². The molecule has 2 heterocycles. The van der Waals surface area contributed by atoms with E-state index in [1.165, 1.54) is 7.11 Å². The molecule has 0 unspecified atom stereocenters. The van der Waals surface area contributed by atoms with Crippen molar-refractivity contribution in [1.29, 1.82) is 0 Å². The zero-order valence-electron chi connectivity index (χ0n) is 20.2. The van der Waals surface area contributed by atoms with Gasteiger partial charge in [-0.05, 0) is 44.4 Å². The zero-order valence-corrected chi connectivity index (χ0v) is 20.9. The number of nitrogens with one attached hydrogen (secondary N) is 2. The molecular formula is C24H34ClN5O4. The van der Waals surface area contributed by atoms with Crippen LogP contribution in [0, 0.1) is 5.41 Å². The topological polar surface area (TPSA) is 99.8 Å². The van der Waals surface area contributed by atoms with Crippen LogP contribution < -0.4 is 10.2 Å². The molecule has 0 spiro atoms. The molecule has 2 fully saturated rings. The van der Waals surface area contributed by atoms with Crippen LogP contribution in [0.2, 0.25) is 5.02 Å². The lowest BCUT2D eigenvalue weighted by molar-refractivity contribution is 0.0330. The van der Waals surface area contributed by atoms with Crippen LogP contribution in [-0.2, 0) is 9.47 Å². The van der Waals surface area contributed by atoms with Crippen LogP contribution in [0.3, 0.4) is 0 Å². The fraction of sp³-hybridized carbons (Fsp3) is 0.625. The number of nitrogens with zero attached hydrogens (tertiary/aromatic N) is 3. The number of rotatable bonds is 7. The quantitative estimate of drug-likeness (QED) is 0.572. The third kappa shape index (κ3) is 5.01. The molecule has 1 saturated carbocycles. The van der Waals surface area contributed by atoms with Crippen molar-refractivity contribution >= 4 is 40.2 Å². The van der Waals surface area contributed by atoms with Gasteiger partial charge in [-0.25, -0.2) is 9.78 Å². The van der Waals surface area contributed by atoms with Gasteiger partial charge in [-0.1, -0.05) is 18.5 Å². The molecule has 34 heavy (non-hydrogen) atoms. The highest BCUT2D eigenvalue weighted by atomic mass is 35.5. The Morgan fingerprint density at radius 1 is 1.21 bits per heavy atom. The van der Waals surface area contributed by atoms with Crippen LogP contribution in [0.1, 0.15) is 43.2 Å². The minimum atomic E-state index is -0.681. The van der Waals surface area contributed by atoms with Crippen LogP contribution in [0.25, 0.3) is 11.0 Å². The van der Waals surface area contributed by atoms with Gasteiger partial charge in [0.15, 0.2) is 5.82 Å². The summed E-state index contributed by atoms with van der Waals surface area (Å²) in [5.41, 5.74) is 1.76. The summed E-state index contributed by atoms with van der Waals surface area (Å²) in [4.78, 5) is 37.8. The number of Topliss-reactive ketones (excluding diaryl/α,β-unsaturated/α-hetero) is 1. The molecule has 2 N–H and O–H groups in total. The average Bonchev–Trinajstić information content (AvgIpc) is 3.27. The van der Waals surface area contributed by atoms with Crippen molar-refractivity contribution < 1.29 is 19.1 Å². The second kappa shape index (κ2) is 10.5. The molecule has 10 heteroatoms. The number of aromatic nitrogens is 2. The standard InChI is InChI=1S/C24H34ClN5O4/c1-4-29-9-11-30(12-10-29)20-14-19-18(13-17(20)25)27-22(28-19)21(31)24(15-33-2)7-5-16(6-8-24)26-23(32)34-3/h13-14,16H,4-12,15H2,1-3H3,(H,26,32)(H,27,28). The third-order valence-electron chi connectivity index (χ3n) is 7.28. The minimum absolute atomic E-state index is 0.0181. The van der Waals surface area contributed by atoms with E-state index >= 15 is 0 Å². The van der Waals surface area contributed by atoms with E-state index < -0.39 is 11.5 Å². The lowest BCUT2D eigenvalue weighted by Gasteiger charge is -2.37. The van der Waals surface area contributed by atoms with E-state index in [0.717, 1.165) is 43.9 Å². The molecule has 4 rings (SSSR count). The first-order valence-electron chi connectivity index (χ1n) is 11.9. The van der Waals surface area contributed by atoms with Crippen LogP contribution in [0.4, 0.5) is 10.5 Å². The summed E-state index contributed by atoms with van der Waals surface area (Å²) in [6, 6.07) is 3.82. The fourth-order valence-corrected chi connectivity index (χ4v) is 5.46. The number of alkyl carbamates (subject to hydrolysis) is 1. The Morgan fingerprint density at radius 2 is 1.91 bits per heavy atom. The number of imidazole rings is 1. The van der Waals surface area contributed by atoms with Gasteiger partial charge in [-0.15, -0.1) is 0 Å². The fourth-order valence-electron chi connectivity index (χ4n) is 5.18. The number of hydrogen-bond acceptors (Lipinski definition) is 7. The van der Waals surface area contributed by atoms with Crippen molar-refractivity contribution in [3.05, 3.63) is 23.0 Å². The van der Waals surface area contributed by atoms with Gasteiger partial charge in [0, 0.05) is 39.3 Å². The largest absolute Gasteiger partial charge is 0.453 e. The molecular weight excluding hydrogens is 458 g/mol. The predicted molar refractivity (Wildman–Crippen MR) is 132 cm³/mol. The molecule has 9 nitrogen and oxygen atoms in total. The normalized spacial score (nSPS) is 23.8. The van der Waals surface area contributed by atoms with Gasteiger partial charge in [0.1, 0.15) is 0 Å². The van der Waals surface area contributed by atoms with Gasteiger partial charge in [0.25, 0.3) is 0 Å². The number of anilines is 1. The second-order valence-electron chi connectivity index (χ2n) is 9.28. The molecule has 1 aromatic heterocycles. The van der Waals surface area contributed by atoms with Gasteiger partial charge in [-0.2, -0.15) is 0 Å². The van der Waals surface area contributed by atoms with Crippen molar-refractivity contribution in [2.45, 2.75) is 38.6 Å². The van der Waals surface area contributed by atoms with E-state index in [1.54, 1.807) is 7.11 Å². The van der Waals surface area contributed by atoms with E-state index in [0.29, 0.717) is 48.7 Å². The molecule has 0 bridgehead atoms. The van der Waals surface area contributed by atoms with Crippen LogP contribution >= 0.6 is 11.6 Å². The van der Waals surface area contributed by atoms with Crippen molar-refractivity contribution in [3.8, 4) is 0 Å². The van der Waals surface area contributed by atoms with Crippen LogP contribution in [0.15, 0.2) is 12.1 Å². The maximum Gasteiger partial charge on any atom is 0.407 e. The Hall–Kier alpha value is -2.36. The number of likely N-dealkylation sites (N-methyl/N-ethyl adjacent to an activating group) is 1. The van der Waals surface area contributed by atoms with E-state index in [9.17, 15) is 9.59 Å². The number of halogens is 1. The summed E-state index contributed by atoms with van der Waals surface area (Å²) in [5.74, 6) is 0.270. The number of methoxy groups -OCH3 is 2. The first-order valence-corrected chi connectivity index (χ1v) is 12.3. The molecule has 2 aromatic rings. The lowest BCUT2D eigenvalue weighted by Crippen LogP contribution is -2.46. The summed E-state index contributed by atoms with van der Waals surface area (Å²) in [6.45, 7) is 7.37. The molecule has 1 saturated heterocycles. The van der Waals surface area contributed by atoms with Crippen molar-refractivity contribution in [3.63, 3.8) is 0 Å².